The minimum atomic E-state index is -0.132. The van der Waals surface area contributed by atoms with Crippen molar-refractivity contribution in [3.8, 4) is 11.5 Å². The van der Waals surface area contributed by atoms with Gasteiger partial charge >= 0.3 is 0 Å². The van der Waals surface area contributed by atoms with Crippen molar-refractivity contribution in [2.75, 3.05) is 13.2 Å². The highest BCUT2D eigenvalue weighted by molar-refractivity contribution is 9.10. The molecule has 0 saturated carbocycles. The van der Waals surface area contributed by atoms with Gasteiger partial charge in [-0.15, -0.1) is 11.6 Å². The largest absolute Gasteiger partial charge is 0.486 e. The maximum atomic E-state index is 6.57. The molecule has 2 aromatic carbocycles. The van der Waals surface area contributed by atoms with Gasteiger partial charge in [-0.25, -0.2) is 0 Å². The summed E-state index contributed by atoms with van der Waals surface area (Å²) in [6.45, 7) is 1.17. The number of rotatable bonds is 3. The summed E-state index contributed by atoms with van der Waals surface area (Å²) in [6.07, 6.45) is 0.759. The highest BCUT2D eigenvalue weighted by Crippen LogP contribution is 2.40. The summed E-state index contributed by atoms with van der Waals surface area (Å²) in [5.74, 6) is 1.58. The fraction of sp³-hybridized carbons (Fsp3) is 0.250. The summed E-state index contributed by atoms with van der Waals surface area (Å²) in [5.41, 5.74) is 2.19. The van der Waals surface area contributed by atoms with Crippen LogP contribution in [0.2, 0.25) is 0 Å². The Labute approximate surface area is 131 Å². The van der Waals surface area contributed by atoms with E-state index in [1.165, 1.54) is 5.56 Å². The van der Waals surface area contributed by atoms with Crippen LogP contribution in [0.25, 0.3) is 0 Å². The summed E-state index contributed by atoms with van der Waals surface area (Å²) in [6, 6.07) is 14.1. The Kier molecular flexibility index (Phi) is 4.18. The molecule has 1 atom stereocenters. The van der Waals surface area contributed by atoms with Gasteiger partial charge in [0.1, 0.15) is 13.2 Å². The van der Waals surface area contributed by atoms with Gasteiger partial charge in [0.25, 0.3) is 0 Å². The van der Waals surface area contributed by atoms with Crippen LogP contribution in [-0.2, 0) is 6.42 Å². The van der Waals surface area contributed by atoms with E-state index in [1.807, 2.05) is 30.3 Å². The Hall–Kier alpha value is -1.19. The normalized spacial score (nSPS) is 14.9. The van der Waals surface area contributed by atoms with E-state index >= 15 is 0 Å². The molecule has 0 aromatic heterocycles. The molecule has 4 heteroatoms. The second kappa shape index (κ2) is 6.06. The average molecular weight is 354 g/mol. The van der Waals surface area contributed by atoms with Gasteiger partial charge in [0, 0.05) is 10.0 Å². The second-order valence-corrected chi connectivity index (χ2v) is 6.11. The summed E-state index contributed by atoms with van der Waals surface area (Å²) < 4.78 is 12.4. The minimum Gasteiger partial charge on any atom is -0.486 e. The quantitative estimate of drug-likeness (QED) is 0.742. The molecule has 0 fully saturated rings. The van der Waals surface area contributed by atoms with E-state index < -0.39 is 0 Å². The molecule has 3 rings (SSSR count). The molecule has 1 unspecified atom stereocenters. The smallest absolute Gasteiger partial charge is 0.166 e. The van der Waals surface area contributed by atoms with E-state index in [4.69, 9.17) is 21.1 Å². The zero-order valence-corrected chi connectivity index (χ0v) is 13.2. The molecule has 0 aliphatic carbocycles. The number of hydrogen-bond donors (Lipinski definition) is 0. The summed E-state index contributed by atoms with van der Waals surface area (Å²) in [7, 11) is 0. The van der Waals surface area contributed by atoms with E-state index in [0.717, 1.165) is 28.0 Å². The van der Waals surface area contributed by atoms with Gasteiger partial charge in [-0.2, -0.15) is 0 Å². The summed E-state index contributed by atoms with van der Waals surface area (Å²) in [4.78, 5) is 0. The standard InChI is InChI=1S/C16H14BrClO2/c17-12-6-4-11(5-7-12)10-14(18)13-2-1-3-15-16(13)20-9-8-19-15/h1-7,14H,8-10H2. The Morgan fingerprint density at radius 3 is 2.60 bits per heavy atom. The van der Waals surface area contributed by atoms with Crippen molar-refractivity contribution in [1.82, 2.24) is 0 Å². The predicted molar refractivity (Wildman–Crippen MR) is 83.9 cm³/mol. The first-order valence-electron chi connectivity index (χ1n) is 6.51. The van der Waals surface area contributed by atoms with Crippen molar-refractivity contribution in [1.29, 1.82) is 0 Å². The summed E-state index contributed by atoms with van der Waals surface area (Å²) >= 11 is 10.0. The van der Waals surface area contributed by atoms with E-state index in [0.29, 0.717) is 13.2 Å². The van der Waals surface area contributed by atoms with Crippen LogP contribution in [0.5, 0.6) is 11.5 Å². The highest BCUT2D eigenvalue weighted by atomic mass is 79.9. The van der Waals surface area contributed by atoms with Gasteiger partial charge in [-0.05, 0) is 30.2 Å². The molecule has 1 heterocycles. The van der Waals surface area contributed by atoms with Crippen LogP contribution in [0.3, 0.4) is 0 Å². The topological polar surface area (TPSA) is 18.5 Å². The summed E-state index contributed by atoms with van der Waals surface area (Å²) in [5, 5.41) is -0.132. The lowest BCUT2D eigenvalue weighted by molar-refractivity contribution is 0.170. The predicted octanol–water partition coefficient (Wildman–Crippen LogP) is 4.74. The number of hydrogen-bond acceptors (Lipinski definition) is 2. The SMILES string of the molecule is ClC(Cc1ccc(Br)cc1)c1cccc2c1OCCO2. The molecule has 20 heavy (non-hydrogen) atoms. The Morgan fingerprint density at radius 1 is 1.05 bits per heavy atom. The molecule has 1 aliphatic rings. The molecule has 2 aromatic rings. The first-order chi connectivity index (χ1) is 9.74. The van der Waals surface area contributed by atoms with Crippen LogP contribution in [-0.4, -0.2) is 13.2 Å². The van der Waals surface area contributed by atoms with E-state index in [1.54, 1.807) is 0 Å². The molecule has 0 N–H and O–H groups in total. The first-order valence-corrected chi connectivity index (χ1v) is 7.74. The number of para-hydroxylation sites is 1. The number of fused-ring (bicyclic) bond motifs is 1. The third-order valence-corrected chi connectivity index (χ3v) is 4.18. The molecular formula is C16H14BrClO2. The van der Waals surface area contributed by atoms with E-state index in [-0.39, 0.29) is 5.38 Å². The Morgan fingerprint density at radius 2 is 1.80 bits per heavy atom. The van der Waals surface area contributed by atoms with E-state index in [2.05, 4.69) is 28.1 Å². The lowest BCUT2D eigenvalue weighted by Gasteiger charge is -2.22. The van der Waals surface area contributed by atoms with Gasteiger partial charge in [0.05, 0.1) is 5.38 Å². The van der Waals surface area contributed by atoms with Gasteiger partial charge in [-0.1, -0.05) is 40.2 Å². The van der Waals surface area contributed by atoms with Gasteiger partial charge < -0.3 is 9.47 Å². The monoisotopic (exact) mass is 352 g/mol. The number of halogens is 2. The van der Waals surface area contributed by atoms with Crippen LogP contribution in [0.1, 0.15) is 16.5 Å². The molecule has 0 radical (unpaired) electrons. The fourth-order valence-corrected chi connectivity index (χ4v) is 2.89. The molecular weight excluding hydrogens is 340 g/mol. The first kappa shape index (κ1) is 13.8. The van der Waals surface area contributed by atoms with Crippen LogP contribution < -0.4 is 9.47 Å². The molecule has 0 amide bonds. The van der Waals surface area contributed by atoms with Crippen molar-refractivity contribution < 1.29 is 9.47 Å². The third kappa shape index (κ3) is 2.94. The van der Waals surface area contributed by atoms with Crippen LogP contribution in [0.4, 0.5) is 0 Å². The lowest BCUT2D eigenvalue weighted by atomic mass is 10.0. The molecule has 1 aliphatic heterocycles. The second-order valence-electron chi connectivity index (χ2n) is 4.67. The number of alkyl halides is 1. The van der Waals surface area contributed by atoms with Crippen LogP contribution in [0, 0.1) is 0 Å². The molecule has 0 bridgehead atoms. The maximum absolute atomic E-state index is 6.57. The van der Waals surface area contributed by atoms with Crippen LogP contribution >= 0.6 is 27.5 Å². The molecule has 104 valence electrons. The van der Waals surface area contributed by atoms with Gasteiger partial charge in [0.15, 0.2) is 11.5 Å². The molecule has 0 spiro atoms. The van der Waals surface area contributed by atoms with Gasteiger partial charge in [-0.3, -0.25) is 0 Å². The molecule has 2 nitrogen and oxygen atoms in total. The molecule has 0 saturated heterocycles. The fourth-order valence-electron chi connectivity index (χ4n) is 2.28. The minimum absolute atomic E-state index is 0.132. The lowest BCUT2D eigenvalue weighted by Crippen LogP contribution is -2.17. The number of ether oxygens (including phenoxy) is 2. The Balaban J connectivity index is 1.83. The van der Waals surface area contributed by atoms with Crippen molar-refractivity contribution in [3.05, 3.63) is 58.1 Å². The van der Waals surface area contributed by atoms with Crippen LogP contribution in [0.15, 0.2) is 46.9 Å². The van der Waals surface area contributed by atoms with Crippen molar-refractivity contribution in [3.63, 3.8) is 0 Å². The number of benzene rings is 2. The average Bonchev–Trinajstić information content (AvgIpc) is 2.49. The highest BCUT2D eigenvalue weighted by Gasteiger charge is 2.20. The van der Waals surface area contributed by atoms with Crippen molar-refractivity contribution in [2.45, 2.75) is 11.8 Å². The van der Waals surface area contributed by atoms with Crippen molar-refractivity contribution >= 4 is 27.5 Å². The zero-order chi connectivity index (χ0) is 13.9. The third-order valence-electron chi connectivity index (χ3n) is 3.26. The van der Waals surface area contributed by atoms with Crippen molar-refractivity contribution in [2.24, 2.45) is 0 Å². The zero-order valence-electron chi connectivity index (χ0n) is 10.8. The maximum Gasteiger partial charge on any atom is 0.166 e. The Bertz CT molecular complexity index is 598. The van der Waals surface area contributed by atoms with E-state index in [9.17, 15) is 0 Å². The van der Waals surface area contributed by atoms with Gasteiger partial charge in [0.2, 0.25) is 0 Å².